The lowest BCUT2D eigenvalue weighted by Gasteiger charge is -2.13. The third kappa shape index (κ3) is 2.48. The van der Waals surface area contributed by atoms with Gasteiger partial charge in [0.1, 0.15) is 5.69 Å². The van der Waals surface area contributed by atoms with Crippen LogP contribution in [0.2, 0.25) is 0 Å². The van der Waals surface area contributed by atoms with Gasteiger partial charge in [0.15, 0.2) is 0 Å². The first-order chi connectivity index (χ1) is 8.61. The van der Waals surface area contributed by atoms with Crippen LogP contribution in [-0.4, -0.2) is 41.2 Å². The molecule has 1 aromatic rings. The van der Waals surface area contributed by atoms with Gasteiger partial charge in [0.25, 0.3) is 0 Å². The molecule has 98 valence electrons. The fourth-order valence-corrected chi connectivity index (χ4v) is 1.84. The quantitative estimate of drug-likeness (QED) is 0.608. The molecule has 2 rings (SSSR count). The summed E-state index contributed by atoms with van der Waals surface area (Å²) in [4.78, 5) is 18.7. The van der Waals surface area contributed by atoms with Gasteiger partial charge in [-0.05, 0) is 13.3 Å². The predicted octanol–water partition coefficient (Wildman–Crippen LogP) is 0.936. The number of aryl methyl sites for hydroxylation is 1. The van der Waals surface area contributed by atoms with E-state index in [0.717, 1.165) is 6.42 Å². The summed E-state index contributed by atoms with van der Waals surface area (Å²) in [6.07, 6.45) is 0.815. The number of ether oxygens (including phenoxy) is 1. The van der Waals surface area contributed by atoms with E-state index in [1.165, 1.54) is 0 Å². The summed E-state index contributed by atoms with van der Waals surface area (Å²) in [6.45, 7) is 2.79. The van der Waals surface area contributed by atoms with Crippen LogP contribution in [0.3, 0.4) is 0 Å². The lowest BCUT2D eigenvalue weighted by molar-refractivity contribution is -0.385. The molecule has 1 saturated heterocycles. The molecule has 8 nitrogen and oxygen atoms in total. The third-order valence-corrected chi connectivity index (χ3v) is 2.74. The monoisotopic (exact) mass is 253 g/mol. The lowest BCUT2D eigenvalue weighted by atomic mass is 10.2. The highest BCUT2D eigenvalue weighted by Gasteiger charge is 2.25. The van der Waals surface area contributed by atoms with Crippen molar-refractivity contribution in [3.63, 3.8) is 0 Å². The second kappa shape index (κ2) is 5.13. The second-order valence-electron chi connectivity index (χ2n) is 4.04. The molecule has 0 radical (unpaired) electrons. The van der Waals surface area contributed by atoms with Gasteiger partial charge in [-0.15, -0.1) is 0 Å². The number of nitro groups is 1. The van der Waals surface area contributed by atoms with Crippen molar-refractivity contribution in [2.45, 2.75) is 19.4 Å². The minimum atomic E-state index is -0.465. The van der Waals surface area contributed by atoms with Crippen LogP contribution in [0.5, 0.6) is 0 Å². The van der Waals surface area contributed by atoms with Gasteiger partial charge in [0.2, 0.25) is 11.8 Å². The largest absolute Gasteiger partial charge is 0.379 e. The topological polar surface area (TPSA) is 102 Å². The average Bonchev–Trinajstić information content (AvgIpc) is 2.80. The number of rotatable bonds is 4. The molecule has 1 aromatic heterocycles. The molecule has 18 heavy (non-hydrogen) atoms. The predicted molar refractivity (Wildman–Crippen MR) is 65.8 cm³/mol. The van der Waals surface area contributed by atoms with Crippen LogP contribution < -0.4 is 10.6 Å². The third-order valence-electron chi connectivity index (χ3n) is 2.74. The summed E-state index contributed by atoms with van der Waals surface area (Å²) in [6, 6.07) is 0.0581. The molecule has 0 amide bonds. The van der Waals surface area contributed by atoms with Crippen molar-refractivity contribution in [1.29, 1.82) is 0 Å². The maximum absolute atomic E-state index is 11.0. The van der Waals surface area contributed by atoms with Crippen molar-refractivity contribution in [2.75, 3.05) is 30.9 Å². The van der Waals surface area contributed by atoms with Crippen LogP contribution in [0.25, 0.3) is 0 Å². The minimum absolute atomic E-state index is 0.0581. The Morgan fingerprint density at radius 1 is 1.50 bits per heavy atom. The summed E-state index contributed by atoms with van der Waals surface area (Å²) in [5.41, 5.74) is 0.252. The van der Waals surface area contributed by atoms with Gasteiger partial charge in [0, 0.05) is 13.7 Å². The highest BCUT2D eigenvalue weighted by Crippen LogP contribution is 2.27. The van der Waals surface area contributed by atoms with Gasteiger partial charge in [-0.3, -0.25) is 10.1 Å². The number of nitrogens with one attached hydrogen (secondary N) is 2. The first-order valence-corrected chi connectivity index (χ1v) is 5.67. The zero-order valence-electron chi connectivity index (χ0n) is 10.3. The number of hydrogen-bond donors (Lipinski definition) is 2. The SMILES string of the molecule is CNc1nc(C)c([N+](=O)[O-])c(NC2CCOC2)n1. The molecule has 0 aliphatic carbocycles. The van der Waals surface area contributed by atoms with Crippen molar-refractivity contribution in [1.82, 2.24) is 9.97 Å². The Morgan fingerprint density at radius 2 is 2.28 bits per heavy atom. The molecule has 1 aliphatic rings. The zero-order chi connectivity index (χ0) is 13.1. The molecule has 1 fully saturated rings. The van der Waals surface area contributed by atoms with Crippen LogP contribution in [-0.2, 0) is 4.74 Å². The minimum Gasteiger partial charge on any atom is -0.379 e. The number of anilines is 2. The van der Waals surface area contributed by atoms with E-state index >= 15 is 0 Å². The van der Waals surface area contributed by atoms with Crippen molar-refractivity contribution >= 4 is 17.5 Å². The first-order valence-electron chi connectivity index (χ1n) is 5.67. The number of nitrogens with zero attached hydrogens (tertiary/aromatic N) is 3. The van der Waals surface area contributed by atoms with Crippen LogP contribution in [0.1, 0.15) is 12.1 Å². The summed E-state index contributed by atoms with van der Waals surface area (Å²) in [5.74, 6) is 0.604. The Hall–Kier alpha value is -1.96. The maximum Gasteiger partial charge on any atom is 0.332 e. The Kier molecular flexibility index (Phi) is 3.56. The Labute approximate surface area is 104 Å². The van der Waals surface area contributed by atoms with Crippen LogP contribution in [0, 0.1) is 17.0 Å². The van der Waals surface area contributed by atoms with Gasteiger partial charge in [-0.1, -0.05) is 0 Å². The fraction of sp³-hybridized carbons (Fsp3) is 0.600. The molecule has 2 heterocycles. The highest BCUT2D eigenvalue weighted by molar-refractivity contribution is 5.61. The molecule has 1 atom stereocenters. The Bertz CT molecular complexity index is 459. The van der Waals surface area contributed by atoms with Crippen molar-refractivity contribution in [3.8, 4) is 0 Å². The summed E-state index contributed by atoms with van der Waals surface area (Å²) < 4.78 is 5.23. The molecule has 2 N–H and O–H groups in total. The zero-order valence-corrected chi connectivity index (χ0v) is 10.3. The van der Waals surface area contributed by atoms with Gasteiger partial charge >= 0.3 is 5.69 Å². The van der Waals surface area contributed by atoms with Crippen LogP contribution in [0.15, 0.2) is 0 Å². The molecule has 0 spiro atoms. The molecular formula is C10H15N5O3. The maximum atomic E-state index is 11.0. The summed E-state index contributed by atoms with van der Waals surface area (Å²) in [5, 5.41) is 16.9. The van der Waals surface area contributed by atoms with Crippen LogP contribution in [0.4, 0.5) is 17.5 Å². The standard InChI is InChI=1S/C10H15N5O3/c1-6-8(15(16)17)9(14-10(11-2)12-6)13-7-3-4-18-5-7/h7H,3-5H2,1-2H3,(H2,11,12,13,14). The Balaban J connectivity index is 2.34. The van der Waals surface area contributed by atoms with E-state index in [1.54, 1.807) is 14.0 Å². The van der Waals surface area contributed by atoms with Crippen LogP contribution >= 0.6 is 0 Å². The van der Waals surface area contributed by atoms with E-state index in [1.807, 2.05) is 0 Å². The van der Waals surface area contributed by atoms with Crippen molar-refractivity contribution < 1.29 is 9.66 Å². The molecule has 0 saturated carbocycles. The van der Waals surface area contributed by atoms with E-state index in [-0.39, 0.29) is 17.5 Å². The van der Waals surface area contributed by atoms with E-state index < -0.39 is 4.92 Å². The summed E-state index contributed by atoms with van der Waals surface area (Å²) in [7, 11) is 1.67. The van der Waals surface area contributed by atoms with E-state index in [4.69, 9.17) is 4.74 Å². The second-order valence-corrected chi connectivity index (χ2v) is 4.04. The highest BCUT2D eigenvalue weighted by atomic mass is 16.6. The van der Waals surface area contributed by atoms with E-state index in [2.05, 4.69) is 20.6 Å². The Morgan fingerprint density at radius 3 is 2.83 bits per heavy atom. The molecule has 1 unspecified atom stereocenters. The molecule has 0 aromatic carbocycles. The molecular weight excluding hydrogens is 238 g/mol. The normalized spacial score (nSPS) is 18.7. The van der Waals surface area contributed by atoms with Crippen molar-refractivity contribution in [2.24, 2.45) is 0 Å². The smallest absolute Gasteiger partial charge is 0.332 e. The number of aromatic nitrogens is 2. The molecule has 8 heteroatoms. The van der Waals surface area contributed by atoms with Gasteiger partial charge in [-0.25, -0.2) is 4.98 Å². The van der Waals surface area contributed by atoms with Gasteiger partial charge in [0.05, 0.1) is 17.6 Å². The summed E-state index contributed by atoms with van der Waals surface area (Å²) >= 11 is 0. The van der Waals surface area contributed by atoms with E-state index in [0.29, 0.717) is 24.9 Å². The van der Waals surface area contributed by atoms with E-state index in [9.17, 15) is 10.1 Å². The molecule has 1 aliphatic heterocycles. The lowest BCUT2D eigenvalue weighted by Crippen LogP contribution is -2.21. The fourth-order valence-electron chi connectivity index (χ4n) is 1.84. The first kappa shape index (κ1) is 12.5. The van der Waals surface area contributed by atoms with Crippen molar-refractivity contribution in [3.05, 3.63) is 15.8 Å². The number of hydrogen-bond acceptors (Lipinski definition) is 7. The van der Waals surface area contributed by atoms with Gasteiger partial charge in [-0.2, -0.15) is 4.98 Å². The van der Waals surface area contributed by atoms with Gasteiger partial charge < -0.3 is 15.4 Å². The molecule has 0 bridgehead atoms. The average molecular weight is 253 g/mol.